The molecule has 0 unspecified atom stereocenters. The zero-order chi connectivity index (χ0) is 23.6. The highest BCUT2D eigenvalue weighted by Crippen LogP contribution is 2.43. The van der Waals surface area contributed by atoms with E-state index in [1.165, 1.54) is 33.0 Å². The van der Waals surface area contributed by atoms with Crippen LogP contribution in [-0.2, 0) is 0 Å². The predicted octanol–water partition coefficient (Wildman–Crippen LogP) is 8.87. The van der Waals surface area contributed by atoms with Crippen LogP contribution in [0.15, 0.2) is 35.2 Å². The molecule has 2 rings (SSSR count). The molecule has 2 aromatic rings. The van der Waals surface area contributed by atoms with Crippen LogP contribution >= 0.6 is 11.8 Å². The molecule has 0 saturated heterocycles. The van der Waals surface area contributed by atoms with Crippen LogP contribution in [0.25, 0.3) is 11.1 Å². The van der Waals surface area contributed by atoms with Gasteiger partial charge in [-0.25, -0.2) is 0 Å². The number of anilines is 2. The molecule has 0 saturated carbocycles. The highest BCUT2D eigenvalue weighted by atomic mass is 32.2. The van der Waals surface area contributed by atoms with Crippen LogP contribution < -0.4 is 15.4 Å². The Kier molecular flexibility index (Phi) is 16.8. The van der Waals surface area contributed by atoms with Crippen molar-refractivity contribution in [3.8, 4) is 16.9 Å². The summed E-state index contributed by atoms with van der Waals surface area (Å²) >= 11 is 1.94. The van der Waals surface area contributed by atoms with Gasteiger partial charge < -0.3 is 15.4 Å². The smallest absolute Gasteiger partial charge is 0.118 e. The number of thioether (sulfide) groups is 1. The van der Waals surface area contributed by atoms with Crippen LogP contribution in [0.5, 0.6) is 5.75 Å². The SMILES string of the molecule is CC.CC.CCCNc1cc(SCCC)c(-c2ccc(OC)cc2)c(NCCC)c1C. The lowest BCUT2D eigenvalue weighted by atomic mass is 9.98. The third kappa shape index (κ3) is 9.06. The first-order valence-electron chi connectivity index (χ1n) is 12.1. The summed E-state index contributed by atoms with van der Waals surface area (Å²) in [5, 5.41) is 7.33. The summed E-state index contributed by atoms with van der Waals surface area (Å²) in [5.74, 6) is 2.01. The number of methoxy groups -OCH3 is 1. The second-order valence-corrected chi connectivity index (χ2v) is 7.86. The third-order valence-corrected chi connectivity index (χ3v) is 5.75. The van der Waals surface area contributed by atoms with Gasteiger partial charge in [0.25, 0.3) is 0 Å². The molecule has 0 bridgehead atoms. The zero-order valence-electron chi connectivity index (χ0n) is 21.4. The average Bonchev–Trinajstić information content (AvgIpc) is 2.84. The molecular weight excluding hydrogens is 400 g/mol. The molecule has 176 valence electrons. The molecule has 4 heteroatoms. The minimum Gasteiger partial charge on any atom is -0.497 e. The van der Waals surface area contributed by atoms with Crippen molar-refractivity contribution >= 4 is 23.1 Å². The minimum absolute atomic E-state index is 0.891. The Morgan fingerprint density at radius 2 is 1.42 bits per heavy atom. The van der Waals surface area contributed by atoms with Crippen LogP contribution in [0.1, 0.15) is 73.3 Å². The maximum absolute atomic E-state index is 5.35. The molecule has 0 aliphatic heterocycles. The predicted molar refractivity (Wildman–Crippen MR) is 144 cm³/mol. The number of rotatable bonds is 11. The van der Waals surface area contributed by atoms with Crippen molar-refractivity contribution < 1.29 is 4.74 Å². The van der Waals surface area contributed by atoms with Crippen molar-refractivity contribution in [2.75, 3.05) is 36.6 Å². The quantitative estimate of drug-likeness (QED) is 0.338. The summed E-state index contributed by atoms with van der Waals surface area (Å²) in [6, 6.07) is 10.8. The molecule has 0 spiro atoms. The normalized spacial score (nSPS) is 9.71. The van der Waals surface area contributed by atoms with E-state index < -0.39 is 0 Å². The standard InChI is InChI=1S/C23H34N2OS.2C2H6/c1-6-13-24-20-16-21(27-15-8-3)22(23(17(20)4)25-14-7-2)18-9-11-19(26-5)12-10-18;2*1-2/h9-12,16,24-25H,6-8,13-15H2,1-5H3;2*1-2H3. The van der Waals surface area contributed by atoms with Gasteiger partial charge >= 0.3 is 0 Å². The van der Waals surface area contributed by atoms with Gasteiger partial charge in [-0.3, -0.25) is 0 Å². The second-order valence-electron chi connectivity index (χ2n) is 6.73. The monoisotopic (exact) mass is 446 g/mol. The topological polar surface area (TPSA) is 33.3 Å². The van der Waals surface area contributed by atoms with Crippen LogP contribution in [0.2, 0.25) is 0 Å². The second kappa shape index (κ2) is 17.8. The molecule has 0 fully saturated rings. The summed E-state index contributed by atoms with van der Waals surface area (Å²) in [6.45, 7) is 18.8. The molecule has 2 aromatic carbocycles. The van der Waals surface area contributed by atoms with Crippen LogP contribution in [0.4, 0.5) is 11.4 Å². The fraction of sp³-hybridized carbons (Fsp3) is 0.556. The van der Waals surface area contributed by atoms with Crippen molar-refractivity contribution in [2.24, 2.45) is 0 Å². The van der Waals surface area contributed by atoms with Gasteiger partial charge in [-0.05, 0) is 61.3 Å². The summed E-state index contributed by atoms with van der Waals surface area (Å²) in [7, 11) is 1.71. The largest absolute Gasteiger partial charge is 0.497 e. The molecule has 31 heavy (non-hydrogen) atoms. The number of nitrogens with one attached hydrogen (secondary N) is 2. The van der Waals surface area contributed by atoms with Crippen LogP contribution in [0.3, 0.4) is 0 Å². The molecule has 0 atom stereocenters. The van der Waals surface area contributed by atoms with Crippen molar-refractivity contribution in [1.82, 2.24) is 0 Å². The first-order chi connectivity index (χ1) is 15.2. The van der Waals surface area contributed by atoms with E-state index in [1.54, 1.807) is 7.11 Å². The van der Waals surface area contributed by atoms with Crippen molar-refractivity contribution in [3.63, 3.8) is 0 Å². The Balaban J connectivity index is 0.00000212. The Morgan fingerprint density at radius 1 is 0.839 bits per heavy atom. The highest BCUT2D eigenvalue weighted by molar-refractivity contribution is 7.99. The van der Waals surface area contributed by atoms with Gasteiger partial charge in [0.15, 0.2) is 0 Å². The maximum atomic E-state index is 5.35. The fourth-order valence-electron chi connectivity index (χ4n) is 3.04. The summed E-state index contributed by atoms with van der Waals surface area (Å²) in [5.41, 5.74) is 6.33. The first-order valence-corrected chi connectivity index (χ1v) is 13.1. The number of hydrogen-bond donors (Lipinski definition) is 2. The maximum Gasteiger partial charge on any atom is 0.118 e. The summed E-state index contributed by atoms with van der Waals surface area (Å²) in [6.07, 6.45) is 3.39. The van der Waals surface area contributed by atoms with Gasteiger partial charge in [-0.1, -0.05) is 60.6 Å². The molecule has 3 nitrogen and oxygen atoms in total. The lowest BCUT2D eigenvalue weighted by Crippen LogP contribution is -2.09. The first kappa shape index (κ1) is 29.2. The molecular formula is C27H46N2OS. The fourth-order valence-corrected chi connectivity index (χ4v) is 4.03. The van der Waals surface area contributed by atoms with Gasteiger partial charge in [0.1, 0.15) is 5.75 Å². The van der Waals surface area contributed by atoms with Crippen LogP contribution in [-0.4, -0.2) is 26.0 Å². The van der Waals surface area contributed by atoms with Crippen LogP contribution in [0, 0.1) is 6.92 Å². The highest BCUT2D eigenvalue weighted by Gasteiger charge is 2.17. The van der Waals surface area contributed by atoms with Gasteiger partial charge in [0.05, 0.1) is 7.11 Å². The average molecular weight is 447 g/mol. The van der Waals surface area contributed by atoms with E-state index in [2.05, 4.69) is 56.5 Å². The van der Waals surface area contributed by atoms with Crippen molar-refractivity contribution in [2.45, 2.75) is 79.5 Å². The minimum atomic E-state index is 0.891. The molecule has 0 radical (unpaired) electrons. The van der Waals surface area contributed by atoms with Gasteiger partial charge in [-0.15, -0.1) is 11.8 Å². The Morgan fingerprint density at radius 3 is 1.94 bits per heavy atom. The zero-order valence-corrected chi connectivity index (χ0v) is 22.3. The molecule has 2 N–H and O–H groups in total. The van der Waals surface area contributed by atoms with Gasteiger partial charge in [0.2, 0.25) is 0 Å². The van der Waals surface area contributed by atoms with E-state index in [9.17, 15) is 0 Å². The Labute approximate surface area is 196 Å². The molecule has 0 amide bonds. The Hall–Kier alpha value is -1.81. The van der Waals surface area contributed by atoms with E-state index in [0.29, 0.717) is 0 Å². The summed E-state index contributed by atoms with van der Waals surface area (Å²) in [4.78, 5) is 1.34. The number of hydrogen-bond acceptors (Lipinski definition) is 4. The van der Waals surface area contributed by atoms with E-state index in [1.807, 2.05) is 51.6 Å². The van der Waals surface area contributed by atoms with Gasteiger partial charge in [0, 0.05) is 34.9 Å². The van der Waals surface area contributed by atoms with E-state index in [4.69, 9.17) is 4.74 Å². The van der Waals surface area contributed by atoms with E-state index in [-0.39, 0.29) is 0 Å². The van der Waals surface area contributed by atoms with Gasteiger partial charge in [-0.2, -0.15) is 0 Å². The molecule has 0 aliphatic rings. The lowest BCUT2D eigenvalue weighted by Gasteiger charge is -2.22. The summed E-state index contributed by atoms with van der Waals surface area (Å²) < 4.78 is 5.35. The number of benzene rings is 2. The molecule has 0 aromatic heterocycles. The van der Waals surface area contributed by atoms with E-state index in [0.717, 1.165) is 43.9 Å². The lowest BCUT2D eigenvalue weighted by molar-refractivity contribution is 0.415. The third-order valence-electron chi connectivity index (χ3n) is 4.51. The van der Waals surface area contributed by atoms with E-state index >= 15 is 0 Å². The number of ether oxygens (including phenoxy) is 1. The van der Waals surface area contributed by atoms with Crippen molar-refractivity contribution in [3.05, 3.63) is 35.9 Å². The molecule has 0 heterocycles. The van der Waals surface area contributed by atoms with Crippen molar-refractivity contribution in [1.29, 1.82) is 0 Å². The Bertz CT molecular complexity index is 714. The molecule has 0 aliphatic carbocycles.